The molecule has 8 rings (SSSR count). The van der Waals surface area contributed by atoms with Crippen LogP contribution in [-0.2, 0) is 10.2 Å². The molecule has 2 heterocycles. The highest BCUT2D eigenvalue weighted by Gasteiger charge is 2.52. The molecule has 6 fully saturated rings. The molecule has 0 unspecified atom stereocenters. The highest BCUT2D eigenvalue weighted by atomic mass is 16.6. The maximum Gasteiger partial charge on any atom is 0.415 e. The first kappa shape index (κ1) is 27.7. The van der Waals surface area contributed by atoms with Crippen molar-refractivity contribution in [3.05, 3.63) is 59.7 Å². The Hall–Kier alpha value is -3.12. The zero-order valence-electron chi connectivity index (χ0n) is 24.7. The van der Waals surface area contributed by atoms with Gasteiger partial charge in [-0.2, -0.15) is 0 Å². The monoisotopic (exact) mass is 568 g/mol. The van der Waals surface area contributed by atoms with Gasteiger partial charge < -0.3 is 19.6 Å². The fourth-order valence-corrected chi connectivity index (χ4v) is 9.46. The summed E-state index contributed by atoms with van der Waals surface area (Å²) >= 11 is 0. The van der Waals surface area contributed by atoms with Crippen LogP contribution in [0.15, 0.2) is 48.5 Å². The fraction of sp³-hybridized carbons (Fsp3) is 0.556. The number of nitrogens with zero attached hydrogens (tertiary/aromatic N) is 2. The topological polar surface area (TPSA) is 70.1 Å². The number of aliphatic carboxylic acids is 1. The Morgan fingerprint density at radius 3 is 2.05 bits per heavy atom. The summed E-state index contributed by atoms with van der Waals surface area (Å²) in [4.78, 5) is 29.1. The second kappa shape index (κ2) is 11.5. The Labute approximate surface area is 249 Å². The van der Waals surface area contributed by atoms with Crippen LogP contribution in [0.3, 0.4) is 0 Å². The number of piperidine rings is 2. The van der Waals surface area contributed by atoms with E-state index in [1.165, 1.54) is 82.5 Å². The van der Waals surface area contributed by atoms with Gasteiger partial charge in [0.25, 0.3) is 0 Å². The van der Waals surface area contributed by atoms with E-state index >= 15 is 0 Å². The number of carboxylic acid groups (broad SMARTS) is 1. The van der Waals surface area contributed by atoms with Crippen molar-refractivity contribution in [3.8, 4) is 16.9 Å². The molecule has 222 valence electrons. The number of hydrogen-bond donors (Lipinski definition) is 1. The van der Waals surface area contributed by atoms with Gasteiger partial charge in [0, 0.05) is 30.8 Å². The first-order valence-electron chi connectivity index (χ1n) is 16.3. The molecule has 2 aliphatic heterocycles. The van der Waals surface area contributed by atoms with Gasteiger partial charge in [-0.1, -0.05) is 36.8 Å². The standard InChI is InChI=1S/C36H44N2O4/c39-34(40)11-6-25-4-7-29(8-5-25)30-9-10-33(32(21-30)36-22-26-18-27(23-36)20-28(19-26)24-36)42-35(41)38-16-12-31(13-17-38)37-14-2-1-3-15-37/h4-11,21,26-28,31H,1-3,12-20,22-24H2,(H,39,40)/b11-6+. The van der Waals surface area contributed by atoms with E-state index in [-0.39, 0.29) is 11.5 Å². The molecular formula is C36H44N2O4. The van der Waals surface area contributed by atoms with E-state index in [2.05, 4.69) is 29.2 Å². The van der Waals surface area contributed by atoms with Crippen molar-refractivity contribution >= 4 is 18.1 Å². The van der Waals surface area contributed by atoms with E-state index in [1.807, 2.05) is 23.1 Å². The van der Waals surface area contributed by atoms with Gasteiger partial charge in [-0.05, 0) is 135 Å². The zero-order chi connectivity index (χ0) is 28.7. The SMILES string of the molecule is O=C(O)/C=C/c1ccc(-c2ccc(OC(=O)N3CCC(N4CCCCC4)CC3)c(C34CC5CC(CC(C5)C3)C4)c2)cc1. The summed E-state index contributed by atoms with van der Waals surface area (Å²) in [5.41, 5.74) is 4.39. The normalized spacial score (nSPS) is 29.7. The molecule has 4 saturated carbocycles. The number of carbonyl (C=O) groups excluding carboxylic acids is 1. The summed E-state index contributed by atoms with van der Waals surface area (Å²) in [5.74, 6) is 2.17. The van der Waals surface area contributed by atoms with E-state index in [0.29, 0.717) is 6.04 Å². The number of ether oxygens (including phenoxy) is 1. The Bertz CT molecular complexity index is 1300. The molecule has 1 amide bonds. The average molecular weight is 569 g/mol. The fourth-order valence-electron chi connectivity index (χ4n) is 9.46. The Morgan fingerprint density at radius 2 is 1.43 bits per heavy atom. The number of carbonyl (C=O) groups is 2. The Kier molecular flexibility index (Phi) is 7.60. The lowest BCUT2D eigenvalue weighted by Gasteiger charge is -2.57. The molecule has 1 N–H and O–H groups in total. The minimum absolute atomic E-state index is 0.0891. The van der Waals surface area contributed by atoms with Crippen LogP contribution in [0.1, 0.15) is 81.8 Å². The predicted octanol–water partition coefficient (Wildman–Crippen LogP) is 7.37. The highest BCUT2D eigenvalue weighted by molar-refractivity contribution is 5.85. The van der Waals surface area contributed by atoms with Crippen LogP contribution in [-0.4, -0.2) is 59.2 Å². The summed E-state index contributed by atoms with van der Waals surface area (Å²) < 4.78 is 6.33. The van der Waals surface area contributed by atoms with Gasteiger partial charge in [0.1, 0.15) is 5.75 Å². The van der Waals surface area contributed by atoms with Crippen LogP contribution in [0.25, 0.3) is 17.2 Å². The number of rotatable bonds is 6. The minimum atomic E-state index is -0.948. The molecule has 6 aliphatic rings. The quantitative estimate of drug-likeness (QED) is 0.369. The zero-order valence-corrected chi connectivity index (χ0v) is 24.7. The van der Waals surface area contributed by atoms with Gasteiger partial charge in [-0.3, -0.25) is 0 Å². The molecule has 4 bridgehead atoms. The van der Waals surface area contributed by atoms with Crippen molar-refractivity contribution in [1.82, 2.24) is 9.80 Å². The van der Waals surface area contributed by atoms with Gasteiger partial charge in [0.2, 0.25) is 0 Å². The molecular weight excluding hydrogens is 524 g/mol. The van der Waals surface area contributed by atoms with Crippen molar-refractivity contribution in [2.45, 2.75) is 82.1 Å². The van der Waals surface area contributed by atoms with Crippen molar-refractivity contribution in [1.29, 1.82) is 0 Å². The maximum absolute atomic E-state index is 13.6. The molecule has 6 nitrogen and oxygen atoms in total. The summed E-state index contributed by atoms with van der Waals surface area (Å²) in [6.45, 7) is 3.95. The first-order valence-corrected chi connectivity index (χ1v) is 16.3. The van der Waals surface area contributed by atoms with Crippen LogP contribution in [0.2, 0.25) is 0 Å². The van der Waals surface area contributed by atoms with E-state index in [4.69, 9.17) is 9.84 Å². The summed E-state index contributed by atoms with van der Waals surface area (Å²) in [7, 11) is 0. The van der Waals surface area contributed by atoms with E-state index in [0.717, 1.165) is 66.1 Å². The summed E-state index contributed by atoms with van der Waals surface area (Å²) in [5, 5.41) is 8.96. The summed E-state index contributed by atoms with van der Waals surface area (Å²) in [6, 6.07) is 15.1. The molecule has 4 aliphatic carbocycles. The number of amides is 1. The van der Waals surface area contributed by atoms with Crippen molar-refractivity contribution in [3.63, 3.8) is 0 Å². The molecule has 6 heteroatoms. The second-order valence-corrected chi connectivity index (χ2v) is 13.9. The Morgan fingerprint density at radius 1 is 0.810 bits per heavy atom. The molecule has 2 aromatic carbocycles. The second-order valence-electron chi connectivity index (χ2n) is 13.9. The van der Waals surface area contributed by atoms with Gasteiger partial charge in [0.05, 0.1) is 0 Å². The lowest BCUT2D eigenvalue weighted by atomic mass is 9.48. The maximum atomic E-state index is 13.6. The van der Waals surface area contributed by atoms with Gasteiger partial charge >= 0.3 is 12.1 Å². The molecule has 0 radical (unpaired) electrons. The third kappa shape index (κ3) is 5.62. The minimum Gasteiger partial charge on any atom is -0.478 e. The molecule has 2 saturated heterocycles. The van der Waals surface area contributed by atoms with Crippen LogP contribution in [0, 0.1) is 17.8 Å². The smallest absolute Gasteiger partial charge is 0.415 e. The van der Waals surface area contributed by atoms with Gasteiger partial charge in [-0.15, -0.1) is 0 Å². The van der Waals surface area contributed by atoms with Crippen LogP contribution < -0.4 is 4.74 Å². The lowest BCUT2D eigenvalue weighted by Crippen LogP contribution is -2.49. The van der Waals surface area contributed by atoms with E-state index in [1.54, 1.807) is 6.08 Å². The molecule has 0 atom stereocenters. The number of benzene rings is 2. The first-order chi connectivity index (χ1) is 20.4. The lowest BCUT2D eigenvalue weighted by molar-refractivity contribution is -0.131. The van der Waals surface area contributed by atoms with Crippen molar-refractivity contribution < 1.29 is 19.4 Å². The number of hydrogen-bond acceptors (Lipinski definition) is 4. The van der Waals surface area contributed by atoms with Crippen molar-refractivity contribution in [2.75, 3.05) is 26.2 Å². The third-order valence-corrected chi connectivity index (χ3v) is 11.1. The average Bonchev–Trinajstić information content (AvgIpc) is 3.00. The largest absolute Gasteiger partial charge is 0.478 e. The number of carboxylic acids is 1. The molecule has 0 spiro atoms. The summed E-state index contributed by atoms with van der Waals surface area (Å²) in [6.07, 6.45) is 16.3. The van der Waals surface area contributed by atoms with Gasteiger partial charge in [-0.25, -0.2) is 9.59 Å². The molecule has 42 heavy (non-hydrogen) atoms. The number of likely N-dealkylation sites (tertiary alicyclic amines) is 2. The van der Waals surface area contributed by atoms with Gasteiger partial charge in [0.15, 0.2) is 0 Å². The molecule has 0 aromatic heterocycles. The van der Waals surface area contributed by atoms with E-state index in [9.17, 15) is 9.59 Å². The predicted molar refractivity (Wildman–Crippen MR) is 164 cm³/mol. The van der Waals surface area contributed by atoms with Crippen LogP contribution in [0.5, 0.6) is 5.75 Å². The van der Waals surface area contributed by atoms with Crippen molar-refractivity contribution in [2.24, 2.45) is 17.8 Å². The van der Waals surface area contributed by atoms with Crippen LogP contribution in [0.4, 0.5) is 4.79 Å². The third-order valence-electron chi connectivity index (χ3n) is 11.1. The highest BCUT2D eigenvalue weighted by Crippen LogP contribution is 2.62. The Balaban J connectivity index is 1.13. The molecule has 2 aromatic rings. The van der Waals surface area contributed by atoms with Crippen LogP contribution >= 0.6 is 0 Å². The van der Waals surface area contributed by atoms with E-state index < -0.39 is 5.97 Å².